The summed E-state index contributed by atoms with van der Waals surface area (Å²) in [4.78, 5) is 33.7. The number of aryl methyl sites for hydroxylation is 1. The third-order valence-corrected chi connectivity index (χ3v) is 3.75. The second-order valence-corrected chi connectivity index (χ2v) is 5.33. The quantitative estimate of drug-likeness (QED) is 0.764. The van der Waals surface area contributed by atoms with Crippen LogP contribution in [0.15, 0.2) is 24.3 Å². The SMILES string of the molecule is O=C(O)CCc1ccccc1NC(=O)C1CSC(=O)N1. The number of carboxylic acids is 1. The molecule has 1 aliphatic heterocycles. The minimum Gasteiger partial charge on any atom is -0.481 e. The monoisotopic (exact) mass is 294 g/mol. The third-order valence-electron chi connectivity index (χ3n) is 2.87. The number of nitrogens with one attached hydrogen (secondary N) is 2. The first kappa shape index (κ1) is 14.4. The van der Waals surface area contributed by atoms with Crippen molar-refractivity contribution in [1.82, 2.24) is 5.32 Å². The summed E-state index contributed by atoms with van der Waals surface area (Å²) in [6.07, 6.45) is 0.348. The minimum absolute atomic E-state index is 0.00288. The molecule has 1 saturated heterocycles. The number of benzene rings is 1. The molecule has 0 spiro atoms. The Morgan fingerprint density at radius 2 is 2.15 bits per heavy atom. The predicted molar refractivity (Wildman–Crippen MR) is 75.8 cm³/mol. The lowest BCUT2D eigenvalue weighted by Gasteiger charge is -2.13. The molecule has 1 aliphatic rings. The highest BCUT2D eigenvalue weighted by Gasteiger charge is 2.28. The Morgan fingerprint density at radius 3 is 2.80 bits per heavy atom. The number of carboxylic acid groups (broad SMARTS) is 1. The molecule has 0 radical (unpaired) electrons. The molecule has 2 amide bonds. The van der Waals surface area contributed by atoms with Gasteiger partial charge in [0.2, 0.25) is 5.91 Å². The number of carbonyl (C=O) groups excluding carboxylic acids is 2. The van der Waals surface area contributed by atoms with Gasteiger partial charge in [-0.2, -0.15) is 0 Å². The summed E-state index contributed by atoms with van der Waals surface area (Å²) in [6.45, 7) is 0. The number of anilines is 1. The molecule has 0 saturated carbocycles. The molecule has 1 heterocycles. The van der Waals surface area contributed by atoms with Crippen molar-refractivity contribution in [3.63, 3.8) is 0 Å². The van der Waals surface area contributed by atoms with Crippen molar-refractivity contribution in [3.8, 4) is 0 Å². The predicted octanol–water partition coefficient (Wildman–Crippen LogP) is 1.47. The van der Waals surface area contributed by atoms with Gasteiger partial charge in [-0.25, -0.2) is 0 Å². The van der Waals surface area contributed by atoms with Gasteiger partial charge in [-0.05, 0) is 18.1 Å². The number of rotatable bonds is 5. The maximum Gasteiger partial charge on any atom is 0.303 e. The van der Waals surface area contributed by atoms with Crippen LogP contribution in [0.3, 0.4) is 0 Å². The number of carbonyl (C=O) groups is 3. The van der Waals surface area contributed by atoms with E-state index in [9.17, 15) is 14.4 Å². The van der Waals surface area contributed by atoms with Crippen LogP contribution >= 0.6 is 11.8 Å². The van der Waals surface area contributed by atoms with Crippen LogP contribution in [-0.2, 0) is 16.0 Å². The Hall–Kier alpha value is -2.02. The Kier molecular flexibility index (Phi) is 4.62. The number of hydrogen-bond donors (Lipinski definition) is 3. The van der Waals surface area contributed by atoms with Crippen molar-refractivity contribution in [2.45, 2.75) is 18.9 Å². The van der Waals surface area contributed by atoms with E-state index in [-0.39, 0.29) is 17.6 Å². The van der Waals surface area contributed by atoms with Crippen LogP contribution in [0.4, 0.5) is 10.5 Å². The lowest BCUT2D eigenvalue weighted by Crippen LogP contribution is -2.38. The van der Waals surface area contributed by atoms with E-state index in [4.69, 9.17) is 5.11 Å². The number of thioether (sulfide) groups is 1. The van der Waals surface area contributed by atoms with E-state index in [0.29, 0.717) is 17.9 Å². The molecule has 2 rings (SSSR count). The lowest BCUT2D eigenvalue weighted by atomic mass is 10.1. The first-order valence-electron chi connectivity index (χ1n) is 6.10. The first-order valence-corrected chi connectivity index (χ1v) is 7.08. The molecule has 20 heavy (non-hydrogen) atoms. The molecule has 106 valence electrons. The van der Waals surface area contributed by atoms with Gasteiger partial charge in [-0.1, -0.05) is 30.0 Å². The summed E-state index contributed by atoms with van der Waals surface area (Å²) in [7, 11) is 0. The topological polar surface area (TPSA) is 95.5 Å². The van der Waals surface area contributed by atoms with E-state index in [1.165, 1.54) is 0 Å². The van der Waals surface area contributed by atoms with Crippen LogP contribution in [-0.4, -0.2) is 34.0 Å². The second kappa shape index (κ2) is 6.42. The maximum atomic E-state index is 12.0. The van der Waals surface area contributed by atoms with Crippen LogP contribution in [0.5, 0.6) is 0 Å². The maximum absolute atomic E-state index is 12.0. The summed E-state index contributed by atoms with van der Waals surface area (Å²) in [5.41, 5.74) is 1.35. The third kappa shape index (κ3) is 3.74. The smallest absolute Gasteiger partial charge is 0.303 e. The minimum atomic E-state index is -0.884. The van der Waals surface area contributed by atoms with Crippen LogP contribution in [0.25, 0.3) is 0 Å². The molecule has 1 aromatic carbocycles. The van der Waals surface area contributed by atoms with Crippen molar-refractivity contribution < 1.29 is 19.5 Å². The van der Waals surface area contributed by atoms with E-state index in [2.05, 4.69) is 10.6 Å². The van der Waals surface area contributed by atoms with Crippen LogP contribution in [0, 0.1) is 0 Å². The van der Waals surface area contributed by atoms with E-state index in [0.717, 1.165) is 17.3 Å². The molecule has 0 aliphatic carbocycles. The Morgan fingerprint density at radius 1 is 1.40 bits per heavy atom. The largest absolute Gasteiger partial charge is 0.481 e. The molecule has 6 nitrogen and oxygen atoms in total. The molecular weight excluding hydrogens is 280 g/mol. The summed E-state index contributed by atoms with van der Waals surface area (Å²) in [5, 5.41) is 13.8. The second-order valence-electron chi connectivity index (χ2n) is 4.34. The van der Waals surface area contributed by atoms with Gasteiger partial charge in [0.25, 0.3) is 5.24 Å². The average Bonchev–Trinajstić information content (AvgIpc) is 2.84. The van der Waals surface area contributed by atoms with Crippen molar-refractivity contribution in [2.75, 3.05) is 11.1 Å². The number of para-hydroxylation sites is 1. The standard InChI is InChI=1S/C13H14N2O4S/c16-11(17)6-5-8-3-1-2-4-9(8)14-12(18)10-7-20-13(19)15-10/h1-4,10H,5-7H2,(H,14,18)(H,15,19)(H,16,17). The van der Waals surface area contributed by atoms with E-state index in [1.807, 2.05) is 0 Å². The summed E-state index contributed by atoms with van der Waals surface area (Å²) >= 11 is 1.07. The molecule has 0 bridgehead atoms. The van der Waals surface area contributed by atoms with Gasteiger partial charge in [0.05, 0.1) is 0 Å². The van der Waals surface area contributed by atoms with Crippen molar-refractivity contribution in [3.05, 3.63) is 29.8 Å². The highest BCUT2D eigenvalue weighted by atomic mass is 32.2. The molecule has 3 N–H and O–H groups in total. The van der Waals surface area contributed by atoms with Crippen LogP contribution in [0.2, 0.25) is 0 Å². The number of aliphatic carboxylic acids is 1. The Labute approximate surface area is 119 Å². The van der Waals surface area contributed by atoms with Crippen LogP contribution in [0.1, 0.15) is 12.0 Å². The lowest BCUT2D eigenvalue weighted by molar-refractivity contribution is -0.136. The summed E-state index contributed by atoms with van der Waals surface area (Å²) in [5.74, 6) is -0.765. The molecule has 7 heteroatoms. The molecule has 1 atom stereocenters. The fourth-order valence-electron chi connectivity index (χ4n) is 1.85. The average molecular weight is 294 g/mol. The van der Waals surface area contributed by atoms with Gasteiger partial charge in [-0.15, -0.1) is 0 Å². The number of hydrogen-bond acceptors (Lipinski definition) is 4. The van der Waals surface area contributed by atoms with E-state index >= 15 is 0 Å². The fraction of sp³-hybridized carbons (Fsp3) is 0.308. The molecule has 0 aromatic heterocycles. The first-order chi connectivity index (χ1) is 9.56. The highest BCUT2D eigenvalue weighted by Crippen LogP contribution is 2.19. The zero-order valence-electron chi connectivity index (χ0n) is 10.6. The van der Waals surface area contributed by atoms with Crippen molar-refractivity contribution >= 4 is 34.6 Å². The summed E-state index contributed by atoms with van der Waals surface area (Å²) < 4.78 is 0. The van der Waals surface area contributed by atoms with E-state index in [1.54, 1.807) is 24.3 Å². The van der Waals surface area contributed by atoms with Gasteiger partial charge in [0, 0.05) is 17.9 Å². The molecule has 1 aromatic rings. The van der Waals surface area contributed by atoms with Gasteiger partial charge in [-0.3, -0.25) is 14.4 Å². The zero-order chi connectivity index (χ0) is 14.5. The Balaban J connectivity index is 2.03. The number of amides is 2. The normalized spacial score (nSPS) is 17.6. The highest BCUT2D eigenvalue weighted by molar-refractivity contribution is 8.14. The Bertz CT molecular complexity index is 547. The van der Waals surface area contributed by atoms with Gasteiger partial charge in [0.15, 0.2) is 0 Å². The van der Waals surface area contributed by atoms with Gasteiger partial charge in [0.1, 0.15) is 6.04 Å². The summed E-state index contributed by atoms with van der Waals surface area (Å²) in [6, 6.07) is 6.52. The molecule has 1 unspecified atom stereocenters. The van der Waals surface area contributed by atoms with Crippen molar-refractivity contribution in [2.24, 2.45) is 0 Å². The van der Waals surface area contributed by atoms with Crippen molar-refractivity contribution in [1.29, 1.82) is 0 Å². The fourth-order valence-corrected chi connectivity index (χ4v) is 2.63. The van der Waals surface area contributed by atoms with E-state index < -0.39 is 12.0 Å². The van der Waals surface area contributed by atoms with Gasteiger partial charge >= 0.3 is 5.97 Å². The zero-order valence-corrected chi connectivity index (χ0v) is 11.4. The molecule has 1 fully saturated rings. The molecular formula is C13H14N2O4S. The van der Waals surface area contributed by atoms with Gasteiger partial charge < -0.3 is 15.7 Å². The van der Waals surface area contributed by atoms with Crippen LogP contribution < -0.4 is 10.6 Å².